The summed E-state index contributed by atoms with van der Waals surface area (Å²) < 4.78 is 0. The summed E-state index contributed by atoms with van der Waals surface area (Å²) in [5.74, 6) is 0. The van der Waals surface area contributed by atoms with Gasteiger partial charge in [0, 0.05) is 0 Å². The Morgan fingerprint density at radius 2 is 0.440 bits per heavy atom. The van der Waals surface area contributed by atoms with Crippen molar-refractivity contribution in [3.05, 3.63) is 0 Å². The minimum Gasteiger partial charge on any atom is -0.393 e. The molecule has 1 aliphatic rings. The lowest BCUT2D eigenvalue weighted by molar-refractivity contribution is 0.147. The highest BCUT2D eigenvalue weighted by molar-refractivity contribution is 4.58. The van der Waals surface area contributed by atoms with Gasteiger partial charge in [-0.25, -0.2) is 0 Å². The molecular formula is C24H48O. The van der Waals surface area contributed by atoms with Crippen molar-refractivity contribution in [3.8, 4) is 0 Å². The molecule has 25 heavy (non-hydrogen) atoms. The third-order valence-corrected chi connectivity index (χ3v) is 6.07. The highest BCUT2D eigenvalue weighted by Gasteiger charge is 2.04. The van der Waals surface area contributed by atoms with E-state index in [2.05, 4.69) is 0 Å². The Labute approximate surface area is 159 Å². The number of hydrogen-bond donors (Lipinski definition) is 1. The normalized spacial score (nSPS) is 24.4. The molecule has 150 valence electrons. The fourth-order valence-electron chi connectivity index (χ4n) is 4.26. The second kappa shape index (κ2) is 18.7. The first-order chi connectivity index (χ1) is 12.4. The Hall–Kier alpha value is -0.0400. The van der Waals surface area contributed by atoms with E-state index in [1.165, 1.54) is 135 Å². The monoisotopic (exact) mass is 352 g/mol. The van der Waals surface area contributed by atoms with Crippen molar-refractivity contribution in [1.82, 2.24) is 0 Å². The van der Waals surface area contributed by atoms with Gasteiger partial charge in [0.2, 0.25) is 0 Å². The summed E-state index contributed by atoms with van der Waals surface area (Å²) in [7, 11) is 0. The molecule has 0 aromatic heterocycles. The van der Waals surface area contributed by atoms with Gasteiger partial charge in [0.1, 0.15) is 0 Å². The first-order valence-corrected chi connectivity index (χ1v) is 12.1. The molecule has 1 saturated carbocycles. The smallest absolute Gasteiger partial charge is 0.0540 e. The van der Waals surface area contributed by atoms with Gasteiger partial charge in [-0.15, -0.1) is 0 Å². The summed E-state index contributed by atoms with van der Waals surface area (Å²) >= 11 is 0. The number of aliphatic hydroxyl groups excluding tert-OH is 1. The summed E-state index contributed by atoms with van der Waals surface area (Å²) in [5, 5.41) is 10.1. The molecule has 0 amide bonds. The van der Waals surface area contributed by atoms with Crippen LogP contribution >= 0.6 is 0 Å². The fraction of sp³-hybridized carbons (Fsp3) is 1.00. The lowest BCUT2D eigenvalue weighted by atomic mass is 10.0. The van der Waals surface area contributed by atoms with Crippen molar-refractivity contribution >= 4 is 0 Å². The largest absolute Gasteiger partial charge is 0.393 e. The van der Waals surface area contributed by atoms with E-state index in [1.54, 1.807) is 0 Å². The topological polar surface area (TPSA) is 20.2 Å². The molecule has 0 spiro atoms. The van der Waals surface area contributed by atoms with E-state index >= 15 is 0 Å². The van der Waals surface area contributed by atoms with E-state index < -0.39 is 0 Å². The van der Waals surface area contributed by atoms with Crippen molar-refractivity contribution < 1.29 is 5.11 Å². The molecule has 0 aromatic carbocycles. The molecule has 0 aromatic rings. The summed E-state index contributed by atoms with van der Waals surface area (Å²) in [4.78, 5) is 0. The summed E-state index contributed by atoms with van der Waals surface area (Å²) in [6.07, 6.45) is 31.8. The Bertz CT molecular complexity index is 226. The zero-order chi connectivity index (χ0) is 17.8. The third kappa shape index (κ3) is 17.1. The third-order valence-electron chi connectivity index (χ3n) is 6.07. The average Bonchev–Trinajstić information content (AvgIpc) is 2.61. The quantitative estimate of drug-likeness (QED) is 0.464. The van der Waals surface area contributed by atoms with Crippen LogP contribution in [0.3, 0.4) is 0 Å². The minimum absolute atomic E-state index is 0.0226. The number of rotatable bonds is 0. The molecule has 0 heterocycles. The van der Waals surface area contributed by atoms with E-state index in [0.29, 0.717) is 0 Å². The van der Waals surface area contributed by atoms with Crippen molar-refractivity contribution in [2.75, 3.05) is 0 Å². The fourth-order valence-corrected chi connectivity index (χ4v) is 4.26. The lowest BCUT2D eigenvalue weighted by Gasteiger charge is -2.10. The molecule has 1 aliphatic carbocycles. The Kier molecular flexibility index (Phi) is 17.2. The van der Waals surface area contributed by atoms with Gasteiger partial charge in [0.05, 0.1) is 6.10 Å². The van der Waals surface area contributed by atoms with E-state index in [0.717, 1.165) is 12.8 Å². The van der Waals surface area contributed by atoms with Crippen molar-refractivity contribution in [2.24, 2.45) is 0 Å². The van der Waals surface area contributed by atoms with E-state index in [9.17, 15) is 5.11 Å². The Morgan fingerprint density at radius 3 is 0.640 bits per heavy atom. The zero-order valence-electron chi connectivity index (χ0n) is 17.3. The van der Waals surface area contributed by atoms with Gasteiger partial charge in [0.25, 0.3) is 0 Å². The molecule has 1 fully saturated rings. The molecule has 0 atom stereocenters. The molecule has 0 radical (unpaired) electrons. The average molecular weight is 353 g/mol. The maximum Gasteiger partial charge on any atom is 0.0540 e. The number of aliphatic hydroxyl groups is 1. The van der Waals surface area contributed by atoms with Crippen LogP contribution in [0, 0.1) is 0 Å². The summed E-state index contributed by atoms with van der Waals surface area (Å²) in [6, 6.07) is 0. The van der Waals surface area contributed by atoms with Gasteiger partial charge in [-0.3, -0.25) is 0 Å². The predicted molar refractivity (Wildman–Crippen MR) is 112 cm³/mol. The van der Waals surface area contributed by atoms with Gasteiger partial charge < -0.3 is 5.11 Å². The van der Waals surface area contributed by atoms with Crippen LogP contribution in [-0.4, -0.2) is 11.2 Å². The second-order valence-electron chi connectivity index (χ2n) is 8.66. The van der Waals surface area contributed by atoms with Crippen LogP contribution in [0.2, 0.25) is 0 Å². The highest BCUT2D eigenvalue weighted by Crippen LogP contribution is 2.17. The number of hydrogen-bond acceptors (Lipinski definition) is 1. The van der Waals surface area contributed by atoms with E-state index in [4.69, 9.17) is 0 Å². The van der Waals surface area contributed by atoms with Crippen molar-refractivity contribution in [3.63, 3.8) is 0 Å². The van der Waals surface area contributed by atoms with Crippen LogP contribution in [0.25, 0.3) is 0 Å². The maximum atomic E-state index is 10.1. The molecular weight excluding hydrogens is 304 g/mol. The molecule has 1 N–H and O–H groups in total. The van der Waals surface area contributed by atoms with Crippen LogP contribution in [0.1, 0.15) is 148 Å². The van der Waals surface area contributed by atoms with Crippen LogP contribution in [0.15, 0.2) is 0 Å². The van der Waals surface area contributed by atoms with Crippen LogP contribution < -0.4 is 0 Å². The van der Waals surface area contributed by atoms with Crippen LogP contribution in [0.5, 0.6) is 0 Å². The molecule has 1 rings (SSSR count). The molecule has 1 nitrogen and oxygen atoms in total. The molecule has 0 bridgehead atoms. The molecule has 0 unspecified atom stereocenters. The predicted octanol–water partition coefficient (Wildman–Crippen LogP) is 8.33. The highest BCUT2D eigenvalue weighted by atomic mass is 16.3. The minimum atomic E-state index is -0.0226. The second-order valence-corrected chi connectivity index (χ2v) is 8.66. The van der Waals surface area contributed by atoms with Crippen molar-refractivity contribution in [2.45, 2.75) is 154 Å². The van der Waals surface area contributed by atoms with Gasteiger partial charge in [-0.1, -0.05) is 135 Å². The van der Waals surface area contributed by atoms with Gasteiger partial charge >= 0.3 is 0 Å². The zero-order valence-corrected chi connectivity index (χ0v) is 17.3. The molecule has 1 heteroatoms. The van der Waals surface area contributed by atoms with Gasteiger partial charge in [-0.05, 0) is 12.8 Å². The first kappa shape index (κ1) is 23.0. The van der Waals surface area contributed by atoms with Crippen LogP contribution in [0.4, 0.5) is 0 Å². The Morgan fingerprint density at radius 1 is 0.280 bits per heavy atom. The Balaban J connectivity index is 2.07. The lowest BCUT2D eigenvalue weighted by Crippen LogP contribution is -2.05. The first-order valence-electron chi connectivity index (χ1n) is 12.1. The SMILES string of the molecule is OC1CCCCCCCCCCCCCCCCCCCCCCC1. The van der Waals surface area contributed by atoms with Crippen LogP contribution in [-0.2, 0) is 0 Å². The van der Waals surface area contributed by atoms with Crippen molar-refractivity contribution in [1.29, 1.82) is 0 Å². The van der Waals surface area contributed by atoms with Gasteiger partial charge in [0.15, 0.2) is 0 Å². The van der Waals surface area contributed by atoms with E-state index in [-0.39, 0.29) is 6.10 Å². The summed E-state index contributed by atoms with van der Waals surface area (Å²) in [5.41, 5.74) is 0. The van der Waals surface area contributed by atoms with E-state index in [1.807, 2.05) is 0 Å². The van der Waals surface area contributed by atoms with Gasteiger partial charge in [-0.2, -0.15) is 0 Å². The standard InChI is InChI=1S/C24H48O/c25-24-22-20-18-16-14-12-10-8-6-4-2-1-3-5-7-9-11-13-15-17-19-21-23-24/h24-25H,1-23H2. The summed E-state index contributed by atoms with van der Waals surface area (Å²) in [6.45, 7) is 0. The maximum absolute atomic E-state index is 10.1. The molecule has 0 aliphatic heterocycles. The molecule has 0 saturated heterocycles.